The molecule has 0 saturated heterocycles. The highest BCUT2D eigenvalue weighted by Crippen LogP contribution is 2.26. The molecule has 11 heteroatoms. The second-order valence-corrected chi connectivity index (χ2v) is 11.4. The number of aromatic nitrogens is 3. The normalized spacial score (nSPS) is 12.3. The molecule has 1 N–H and O–H groups in total. The summed E-state index contributed by atoms with van der Waals surface area (Å²) < 4.78 is 31.6. The Morgan fingerprint density at radius 2 is 1.78 bits per heavy atom. The van der Waals surface area contributed by atoms with E-state index in [9.17, 15) is 8.42 Å². The fourth-order valence-corrected chi connectivity index (χ4v) is 5.93. The number of nitrogens with zero attached hydrogens (tertiary/aromatic N) is 4. The lowest BCUT2D eigenvalue weighted by molar-refractivity contribution is 0.290. The lowest BCUT2D eigenvalue weighted by Crippen LogP contribution is -2.32. The summed E-state index contributed by atoms with van der Waals surface area (Å²) >= 11 is 7.52. The topological polar surface area (TPSA) is 80.1 Å². The van der Waals surface area contributed by atoms with Crippen molar-refractivity contribution in [3.8, 4) is 0 Å². The molecule has 0 fully saturated rings. The van der Waals surface area contributed by atoms with E-state index in [0.29, 0.717) is 29.6 Å². The molecule has 37 heavy (non-hydrogen) atoms. The van der Waals surface area contributed by atoms with Gasteiger partial charge >= 0.3 is 0 Å². The van der Waals surface area contributed by atoms with Crippen molar-refractivity contribution < 1.29 is 8.42 Å². The predicted octanol–water partition coefficient (Wildman–Crippen LogP) is 5.63. The quantitative estimate of drug-likeness (QED) is 0.184. The van der Waals surface area contributed by atoms with Crippen LogP contribution in [0.25, 0.3) is 0 Å². The number of hydrogen-bond donors (Lipinski definition) is 1. The second kappa shape index (κ2) is 15.5. The third-order valence-corrected chi connectivity index (χ3v) is 8.54. The molecule has 1 heterocycles. The average molecular weight is 585 g/mol. The molecule has 1 atom stereocenters. The van der Waals surface area contributed by atoms with Crippen molar-refractivity contribution in [3.63, 3.8) is 0 Å². The molecule has 0 amide bonds. The summed E-state index contributed by atoms with van der Waals surface area (Å²) in [6.07, 6.45) is 3.16. The van der Waals surface area contributed by atoms with Crippen LogP contribution in [-0.4, -0.2) is 53.5 Å². The molecule has 0 spiro atoms. The van der Waals surface area contributed by atoms with Crippen molar-refractivity contribution >= 4 is 45.8 Å². The lowest BCUT2D eigenvalue weighted by atomic mass is 10.1. The second-order valence-electron chi connectivity index (χ2n) is 8.29. The standard InChI is InChI=1S/C26H34ClN5O2S2.ClH/c1-4-19-35-26-29-28-25(32(26)18-10-17-31(5-2)6-3)24(20-21-11-8-7-9-12-21)30-36(33,34)23-15-13-22(27)14-16-23;/h4,7-9,11-16,24,30H,1,5-6,10,17-20H2,2-3H3;1H/t24-;/m1./s1. The van der Waals surface area contributed by atoms with Crippen molar-refractivity contribution in [2.75, 3.05) is 25.4 Å². The van der Waals surface area contributed by atoms with E-state index in [4.69, 9.17) is 11.6 Å². The highest BCUT2D eigenvalue weighted by Gasteiger charge is 2.27. The Bertz CT molecular complexity index is 1200. The van der Waals surface area contributed by atoms with Gasteiger partial charge in [-0.3, -0.25) is 0 Å². The molecule has 3 aromatic rings. The summed E-state index contributed by atoms with van der Waals surface area (Å²) in [5.41, 5.74) is 0.999. The Balaban J connectivity index is 0.00000481. The van der Waals surface area contributed by atoms with Gasteiger partial charge in [-0.15, -0.1) is 29.2 Å². The van der Waals surface area contributed by atoms with Crippen LogP contribution in [0.15, 0.2) is 77.3 Å². The third kappa shape index (κ3) is 9.12. The molecule has 0 bridgehead atoms. The van der Waals surface area contributed by atoms with Gasteiger partial charge in [0, 0.05) is 17.3 Å². The Morgan fingerprint density at radius 3 is 2.41 bits per heavy atom. The molecular formula is C26H35Cl2N5O2S2. The zero-order valence-corrected chi connectivity index (χ0v) is 24.4. The number of thioether (sulfide) groups is 1. The maximum Gasteiger partial charge on any atom is 0.241 e. The van der Waals surface area contributed by atoms with E-state index in [1.165, 1.54) is 12.1 Å². The highest BCUT2D eigenvalue weighted by molar-refractivity contribution is 7.99. The lowest BCUT2D eigenvalue weighted by Gasteiger charge is -2.22. The zero-order chi connectivity index (χ0) is 26.0. The number of sulfonamides is 1. The minimum absolute atomic E-state index is 0. The number of nitrogens with one attached hydrogen (secondary N) is 1. The van der Waals surface area contributed by atoms with Crippen LogP contribution < -0.4 is 4.72 Å². The van der Waals surface area contributed by atoms with Gasteiger partial charge in [0.25, 0.3) is 0 Å². The van der Waals surface area contributed by atoms with E-state index in [1.807, 2.05) is 36.4 Å². The third-order valence-electron chi connectivity index (χ3n) is 5.84. The molecule has 1 aromatic heterocycles. The first-order valence-electron chi connectivity index (χ1n) is 12.1. The van der Waals surface area contributed by atoms with E-state index < -0.39 is 16.1 Å². The Kier molecular flexibility index (Phi) is 13.1. The fourth-order valence-electron chi connectivity index (χ4n) is 3.90. The molecule has 0 aliphatic rings. The van der Waals surface area contributed by atoms with Gasteiger partial charge in [0.2, 0.25) is 10.0 Å². The number of rotatable bonds is 15. The molecule has 0 radical (unpaired) electrons. The van der Waals surface area contributed by atoms with Crippen molar-refractivity contribution in [3.05, 3.63) is 83.7 Å². The summed E-state index contributed by atoms with van der Waals surface area (Å²) in [6, 6.07) is 15.3. The van der Waals surface area contributed by atoms with Crippen molar-refractivity contribution in [1.29, 1.82) is 0 Å². The number of halogens is 2. The summed E-state index contributed by atoms with van der Waals surface area (Å²) in [4.78, 5) is 2.52. The molecule has 0 aliphatic carbocycles. The van der Waals surface area contributed by atoms with Crippen LogP contribution in [0.1, 0.15) is 37.7 Å². The van der Waals surface area contributed by atoms with Crippen LogP contribution in [0.5, 0.6) is 0 Å². The first kappa shape index (κ1) is 31.3. The largest absolute Gasteiger partial charge is 0.305 e. The van der Waals surface area contributed by atoms with Gasteiger partial charge < -0.3 is 9.47 Å². The van der Waals surface area contributed by atoms with Crippen LogP contribution in [0.2, 0.25) is 5.02 Å². The van der Waals surface area contributed by atoms with Crippen LogP contribution in [0, 0.1) is 0 Å². The molecule has 202 valence electrons. The van der Waals surface area contributed by atoms with E-state index >= 15 is 0 Å². The monoisotopic (exact) mass is 583 g/mol. The van der Waals surface area contributed by atoms with Crippen LogP contribution in [0.4, 0.5) is 0 Å². The van der Waals surface area contributed by atoms with Gasteiger partial charge in [0.15, 0.2) is 11.0 Å². The molecule has 0 saturated carbocycles. The smallest absolute Gasteiger partial charge is 0.241 e. The summed E-state index contributed by atoms with van der Waals surface area (Å²) in [6.45, 7) is 11.7. The van der Waals surface area contributed by atoms with Crippen LogP contribution in [-0.2, 0) is 23.0 Å². The minimum Gasteiger partial charge on any atom is -0.305 e. The van der Waals surface area contributed by atoms with Gasteiger partial charge in [0.05, 0.1) is 10.9 Å². The number of hydrogen-bond acceptors (Lipinski definition) is 6. The van der Waals surface area contributed by atoms with E-state index in [2.05, 4.69) is 44.8 Å². The summed E-state index contributed by atoms with van der Waals surface area (Å²) in [5.74, 6) is 1.29. The van der Waals surface area contributed by atoms with Gasteiger partial charge in [-0.05, 0) is 62.3 Å². The molecule has 3 rings (SSSR count). The van der Waals surface area contributed by atoms with E-state index in [-0.39, 0.29) is 17.3 Å². The minimum atomic E-state index is -3.83. The zero-order valence-electron chi connectivity index (χ0n) is 21.2. The Hall–Kier alpha value is -1.88. The highest BCUT2D eigenvalue weighted by atomic mass is 35.5. The van der Waals surface area contributed by atoms with Crippen molar-refractivity contribution in [2.24, 2.45) is 0 Å². The molecule has 0 unspecified atom stereocenters. The summed E-state index contributed by atoms with van der Waals surface area (Å²) in [7, 11) is -3.83. The maximum absolute atomic E-state index is 13.4. The van der Waals surface area contributed by atoms with Crippen LogP contribution in [0.3, 0.4) is 0 Å². The van der Waals surface area contributed by atoms with Crippen LogP contribution >= 0.6 is 35.8 Å². The predicted molar refractivity (Wildman–Crippen MR) is 155 cm³/mol. The Morgan fingerprint density at radius 1 is 1.11 bits per heavy atom. The van der Waals surface area contributed by atoms with Gasteiger partial charge in [-0.2, -0.15) is 0 Å². The molecule has 2 aromatic carbocycles. The molecule has 0 aliphatic heterocycles. The summed E-state index contributed by atoms with van der Waals surface area (Å²) in [5, 5.41) is 10.2. The van der Waals surface area contributed by atoms with Crippen molar-refractivity contribution in [2.45, 2.75) is 49.3 Å². The van der Waals surface area contributed by atoms with Gasteiger partial charge in [0.1, 0.15) is 0 Å². The Labute approximate surface area is 236 Å². The average Bonchev–Trinajstić information content (AvgIpc) is 3.28. The van der Waals surface area contributed by atoms with Gasteiger partial charge in [-0.1, -0.05) is 73.6 Å². The first-order valence-corrected chi connectivity index (χ1v) is 14.9. The van der Waals surface area contributed by atoms with E-state index in [1.54, 1.807) is 23.9 Å². The molecular weight excluding hydrogens is 549 g/mol. The SMILES string of the molecule is C=CCSc1nnc([C@@H](Cc2ccccc2)NS(=O)(=O)c2ccc(Cl)cc2)n1CCCN(CC)CC.Cl. The van der Waals surface area contributed by atoms with E-state index in [0.717, 1.165) is 36.8 Å². The van der Waals surface area contributed by atoms with Crippen molar-refractivity contribution in [1.82, 2.24) is 24.4 Å². The first-order chi connectivity index (χ1) is 17.4. The van der Waals surface area contributed by atoms with Gasteiger partial charge in [-0.25, -0.2) is 13.1 Å². The fraction of sp³-hybridized carbons (Fsp3) is 0.385. The number of benzene rings is 2. The molecule has 7 nitrogen and oxygen atoms in total. The maximum atomic E-state index is 13.4.